The van der Waals surface area contributed by atoms with Crippen LogP contribution in [0, 0.1) is 5.82 Å². The fraction of sp³-hybridized carbons (Fsp3) is 0. The minimum Gasteiger partial charge on any atom is -0.504 e. The Morgan fingerprint density at radius 1 is 1.05 bits per heavy atom. The summed E-state index contributed by atoms with van der Waals surface area (Å²) in [5, 5.41) is 19.3. The molecule has 1 heterocycles. The van der Waals surface area contributed by atoms with Crippen LogP contribution < -0.4 is 0 Å². The summed E-state index contributed by atoms with van der Waals surface area (Å²) < 4.78 is 18.5. The van der Waals surface area contributed by atoms with Gasteiger partial charge in [-0.25, -0.2) is 4.39 Å². The normalized spacial score (nSPS) is 10.8. The Kier molecular flexibility index (Phi) is 2.68. The number of furan rings is 1. The molecule has 0 spiro atoms. The standard InChI is InChI=1S/C15H9FO4/c16-9-3-1-8(2-4-9)15-11(7-17)10-5-12(18)13(19)6-14(10)20-15/h1-7,18-19H. The third kappa shape index (κ3) is 1.80. The summed E-state index contributed by atoms with van der Waals surface area (Å²) >= 11 is 0. The zero-order valence-electron chi connectivity index (χ0n) is 10.1. The van der Waals surface area contributed by atoms with Crippen LogP contribution in [0.25, 0.3) is 22.3 Å². The predicted octanol–water partition coefficient (Wildman–Crippen LogP) is 3.46. The number of benzene rings is 2. The average Bonchev–Trinajstić information content (AvgIpc) is 2.78. The molecule has 4 nitrogen and oxygen atoms in total. The zero-order valence-corrected chi connectivity index (χ0v) is 10.1. The molecule has 0 aliphatic rings. The quantitative estimate of drug-likeness (QED) is 0.553. The van der Waals surface area contributed by atoms with Gasteiger partial charge >= 0.3 is 0 Å². The van der Waals surface area contributed by atoms with Crippen LogP contribution >= 0.6 is 0 Å². The second kappa shape index (κ2) is 4.38. The summed E-state index contributed by atoms with van der Waals surface area (Å²) in [6, 6.07) is 7.97. The molecule has 2 N–H and O–H groups in total. The molecular formula is C15H9FO4. The molecule has 0 radical (unpaired) electrons. The van der Waals surface area contributed by atoms with Gasteiger partial charge in [0.05, 0.1) is 5.56 Å². The van der Waals surface area contributed by atoms with Gasteiger partial charge in [0.15, 0.2) is 17.8 Å². The molecular weight excluding hydrogens is 263 g/mol. The molecule has 20 heavy (non-hydrogen) atoms. The summed E-state index contributed by atoms with van der Waals surface area (Å²) in [6.45, 7) is 0. The Balaban J connectivity index is 2.30. The molecule has 0 saturated heterocycles. The SMILES string of the molecule is O=Cc1c(-c2ccc(F)cc2)oc2cc(O)c(O)cc12. The van der Waals surface area contributed by atoms with Crippen LogP contribution in [0.15, 0.2) is 40.8 Å². The first kappa shape index (κ1) is 12.2. The van der Waals surface area contributed by atoms with E-state index < -0.39 is 5.82 Å². The van der Waals surface area contributed by atoms with Gasteiger partial charge in [-0.1, -0.05) is 0 Å². The third-order valence-electron chi connectivity index (χ3n) is 3.05. The maximum atomic E-state index is 12.9. The van der Waals surface area contributed by atoms with Crippen LogP contribution in [0.1, 0.15) is 10.4 Å². The minimum absolute atomic E-state index is 0.238. The van der Waals surface area contributed by atoms with E-state index in [1.54, 1.807) is 0 Å². The van der Waals surface area contributed by atoms with Gasteiger partial charge in [-0.3, -0.25) is 4.79 Å². The molecule has 0 amide bonds. The van der Waals surface area contributed by atoms with E-state index in [1.807, 2.05) is 0 Å². The van der Waals surface area contributed by atoms with E-state index in [2.05, 4.69) is 0 Å². The Morgan fingerprint density at radius 2 is 1.70 bits per heavy atom. The summed E-state index contributed by atoms with van der Waals surface area (Å²) in [5.74, 6) is -0.811. The number of carbonyl (C=O) groups excluding carboxylic acids is 1. The fourth-order valence-corrected chi connectivity index (χ4v) is 2.07. The monoisotopic (exact) mass is 272 g/mol. The van der Waals surface area contributed by atoms with Gasteiger partial charge in [-0.2, -0.15) is 0 Å². The number of rotatable bonds is 2. The summed E-state index contributed by atoms with van der Waals surface area (Å²) in [5.41, 5.74) is 1.03. The zero-order chi connectivity index (χ0) is 14.3. The second-order valence-corrected chi connectivity index (χ2v) is 4.31. The molecule has 1 aromatic heterocycles. The van der Waals surface area contributed by atoms with Crippen molar-refractivity contribution in [3.8, 4) is 22.8 Å². The molecule has 2 aromatic carbocycles. The molecule has 0 bridgehead atoms. The van der Waals surface area contributed by atoms with Crippen molar-refractivity contribution < 1.29 is 23.8 Å². The molecule has 0 aliphatic carbocycles. The number of aromatic hydroxyl groups is 2. The number of phenolic OH excluding ortho intramolecular Hbond substituents is 2. The number of halogens is 1. The molecule has 0 saturated carbocycles. The lowest BCUT2D eigenvalue weighted by molar-refractivity contribution is 0.112. The van der Waals surface area contributed by atoms with Crippen molar-refractivity contribution >= 4 is 17.3 Å². The second-order valence-electron chi connectivity index (χ2n) is 4.31. The Bertz CT molecular complexity index is 803. The minimum atomic E-state index is -0.396. The first-order valence-corrected chi connectivity index (χ1v) is 5.79. The summed E-state index contributed by atoms with van der Waals surface area (Å²) in [7, 11) is 0. The van der Waals surface area contributed by atoms with Crippen molar-refractivity contribution in [1.29, 1.82) is 0 Å². The van der Waals surface area contributed by atoms with Crippen molar-refractivity contribution in [3.05, 3.63) is 47.8 Å². The Hall–Kier alpha value is -2.82. The van der Waals surface area contributed by atoms with Gasteiger partial charge in [-0.15, -0.1) is 0 Å². The van der Waals surface area contributed by atoms with Crippen LogP contribution in [0.4, 0.5) is 4.39 Å². The van der Waals surface area contributed by atoms with E-state index in [0.29, 0.717) is 17.2 Å². The lowest BCUT2D eigenvalue weighted by atomic mass is 10.1. The molecule has 3 rings (SSSR count). The van der Waals surface area contributed by atoms with Crippen molar-refractivity contribution in [3.63, 3.8) is 0 Å². The average molecular weight is 272 g/mol. The highest BCUT2D eigenvalue weighted by atomic mass is 19.1. The van der Waals surface area contributed by atoms with Crippen LogP contribution in [0.3, 0.4) is 0 Å². The Labute approximate surface area is 112 Å². The van der Waals surface area contributed by atoms with E-state index >= 15 is 0 Å². The van der Waals surface area contributed by atoms with Crippen LogP contribution in [-0.4, -0.2) is 16.5 Å². The predicted molar refractivity (Wildman–Crippen MR) is 70.3 cm³/mol. The van der Waals surface area contributed by atoms with Crippen LogP contribution in [-0.2, 0) is 0 Å². The van der Waals surface area contributed by atoms with Gasteiger partial charge in [0, 0.05) is 17.0 Å². The van der Waals surface area contributed by atoms with Gasteiger partial charge in [-0.05, 0) is 30.3 Å². The van der Waals surface area contributed by atoms with E-state index in [1.165, 1.54) is 36.4 Å². The lowest BCUT2D eigenvalue weighted by Gasteiger charge is -1.97. The third-order valence-corrected chi connectivity index (χ3v) is 3.05. The molecule has 0 unspecified atom stereocenters. The first-order chi connectivity index (χ1) is 9.60. The van der Waals surface area contributed by atoms with Crippen LogP contribution in [0.5, 0.6) is 11.5 Å². The van der Waals surface area contributed by atoms with Gasteiger partial charge in [0.2, 0.25) is 0 Å². The highest BCUT2D eigenvalue weighted by Crippen LogP contribution is 2.38. The number of fused-ring (bicyclic) bond motifs is 1. The highest BCUT2D eigenvalue weighted by molar-refractivity contribution is 6.03. The largest absolute Gasteiger partial charge is 0.504 e. The van der Waals surface area contributed by atoms with E-state index in [4.69, 9.17) is 4.42 Å². The molecule has 100 valence electrons. The van der Waals surface area contributed by atoms with Crippen molar-refractivity contribution in [2.45, 2.75) is 0 Å². The van der Waals surface area contributed by atoms with Crippen molar-refractivity contribution in [1.82, 2.24) is 0 Å². The van der Waals surface area contributed by atoms with Gasteiger partial charge in [0.1, 0.15) is 17.2 Å². The highest BCUT2D eigenvalue weighted by Gasteiger charge is 2.17. The lowest BCUT2D eigenvalue weighted by Crippen LogP contribution is -1.83. The van der Waals surface area contributed by atoms with E-state index in [-0.39, 0.29) is 28.4 Å². The molecule has 5 heteroatoms. The smallest absolute Gasteiger partial charge is 0.161 e. The summed E-state index contributed by atoms with van der Waals surface area (Å²) in [4.78, 5) is 11.3. The summed E-state index contributed by atoms with van der Waals surface area (Å²) in [6.07, 6.45) is 0.598. The first-order valence-electron chi connectivity index (χ1n) is 5.79. The number of hydrogen-bond acceptors (Lipinski definition) is 4. The van der Waals surface area contributed by atoms with E-state index in [0.717, 1.165) is 0 Å². The maximum absolute atomic E-state index is 12.9. The Morgan fingerprint density at radius 3 is 2.35 bits per heavy atom. The molecule has 0 aliphatic heterocycles. The maximum Gasteiger partial charge on any atom is 0.161 e. The molecule has 0 atom stereocenters. The topological polar surface area (TPSA) is 70.7 Å². The molecule has 3 aromatic rings. The van der Waals surface area contributed by atoms with E-state index in [9.17, 15) is 19.4 Å². The van der Waals surface area contributed by atoms with Gasteiger partial charge in [0.25, 0.3) is 0 Å². The van der Waals surface area contributed by atoms with Crippen molar-refractivity contribution in [2.75, 3.05) is 0 Å². The number of aldehydes is 1. The fourth-order valence-electron chi connectivity index (χ4n) is 2.07. The van der Waals surface area contributed by atoms with Crippen molar-refractivity contribution in [2.24, 2.45) is 0 Å². The molecule has 0 fully saturated rings. The number of phenols is 2. The number of hydrogen-bond donors (Lipinski definition) is 2. The number of carbonyl (C=O) groups is 1. The van der Waals surface area contributed by atoms with Crippen LogP contribution in [0.2, 0.25) is 0 Å². The van der Waals surface area contributed by atoms with Gasteiger partial charge < -0.3 is 14.6 Å².